The maximum absolute atomic E-state index is 13.7. The molecule has 5 rings (SSSR count). The molecule has 3 unspecified atom stereocenters. The van der Waals surface area contributed by atoms with Gasteiger partial charge in [0.1, 0.15) is 5.75 Å². The molecule has 10 heteroatoms. The van der Waals surface area contributed by atoms with E-state index >= 15 is 0 Å². The van der Waals surface area contributed by atoms with Crippen molar-refractivity contribution >= 4 is 9.84 Å². The summed E-state index contributed by atoms with van der Waals surface area (Å²) in [5.41, 5.74) is -1.32. The highest BCUT2D eigenvalue weighted by atomic mass is 32.2. The first kappa shape index (κ1) is 22.5. The smallest absolute Gasteiger partial charge is 0.387 e. The molecule has 4 saturated heterocycles. The van der Waals surface area contributed by atoms with Gasteiger partial charge in [-0.2, -0.15) is 8.78 Å². The normalized spacial score (nSPS) is 33.0. The molecule has 3 atom stereocenters. The van der Waals surface area contributed by atoms with E-state index in [-0.39, 0.29) is 22.1 Å². The van der Waals surface area contributed by atoms with Gasteiger partial charge in [-0.15, -0.1) is 0 Å². The number of halogens is 2. The molecule has 1 N–H and O–H groups in total. The standard InChI is InChI=1S/C22H30F2N2O5S/c23-20(24)30-16-1-3-17(4-2-16)32(27,28)19-18(13-22(31-19)5-9-25-10-6-22)26-11-7-21(14-26)8-12-29-15-21/h1-4,18-20,25H,5-15H2. The van der Waals surface area contributed by atoms with E-state index in [1.165, 1.54) is 24.3 Å². The first-order valence-electron chi connectivity index (χ1n) is 11.3. The van der Waals surface area contributed by atoms with Crippen molar-refractivity contribution in [1.82, 2.24) is 10.2 Å². The number of ether oxygens (including phenoxy) is 3. The van der Waals surface area contributed by atoms with Crippen molar-refractivity contribution in [2.75, 3.05) is 39.4 Å². The van der Waals surface area contributed by atoms with Crippen LogP contribution in [0.4, 0.5) is 8.78 Å². The largest absolute Gasteiger partial charge is 0.435 e. The number of hydrogen-bond donors (Lipinski definition) is 1. The Balaban J connectivity index is 1.42. The van der Waals surface area contributed by atoms with Crippen molar-refractivity contribution in [3.8, 4) is 5.75 Å². The highest BCUT2D eigenvalue weighted by Crippen LogP contribution is 2.47. The van der Waals surface area contributed by atoms with E-state index in [0.717, 1.165) is 65.1 Å². The van der Waals surface area contributed by atoms with Crippen LogP contribution in [0.25, 0.3) is 0 Å². The lowest BCUT2D eigenvalue weighted by atomic mass is 9.86. The molecule has 4 fully saturated rings. The summed E-state index contributed by atoms with van der Waals surface area (Å²) >= 11 is 0. The van der Waals surface area contributed by atoms with E-state index in [1.807, 2.05) is 0 Å². The Hall–Kier alpha value is -1.33. The van der Waals surface area contributed by atoms with Crippen LogP contribution in [-0.2, 0) is 19.3 Å². The average molecular weight is 473 g/mol. The van der Waals surface area contributed by atoms with Crippen LogP contribution >= 0.6 is 0 Å². The highest BCUT2D eigenvalue weighted by molar-refractivity contribution is 7.92. The van der Waals surface area contributed by atoms with Crippen LogP contribution in [-0.4, -0.2) is 76.4 Å². The number of benzene rings is 1. The Morgan fingerprint density at radius 2 is 1.88 bits per heavy atom. The van der Waals surface area contributed by atoms with Gasteiger partial charge in [0.15, 0.2) is 5.44 Å². The molecule has 0 bridgehead atoms. The lowest BCUT2D eigenvalue weighted by Gasteiger charge is -2.33. The predicted octanol–water partition coefficient (Wildman–Crippen LogP) is 2.41. The lowest BCUT2D eigenvalue weighted by Crippen LogP contribution is -2.44. The molecule has 0 radical (unpaired) electrons. The second-order valence-corrected chi connectivity index (χ2v) is 11.6. The van der Waals surface area contributed by atoms with Gasteiger partial charge in [-0.05, 0) is 76.0 Å². The molecule has 1 aromatic carbocycles. The number of piperidine rings is 1. The van der Waals surface area contributed by atoms with Crippen LogP contribution in [0.3, 0.4) is 0 Å². The van der Waals surface area contributed by atoms with Gasteiger partial charge in [-0.1, -0.05) is 0 Å². The zero-order valence-electron chi connectivity index (χ0n) is 18.0. The fourth-order valence-electron chi connectivity index (χ4n) is 5.80. The van der Waals surface area contributed by atoms with Crippen molar-refractivity contribution in [2.24, 2.45) is 5.41 Å². The molecular formula is C22H30F2N2O5S. The second kappa shape index (κ2) is 8.47. The summed E-state index contributed by atoms with van der Waals surface area (Å²) in [7, 11) is -3.84. The predicted molar refractivity (Wildman–Crippen MR) is 112 cm³/mol. The Bertz CT molecular complexity index is 915. The zero-order chi connectivity index (χ0) is 22.4. The van der Waals surface area contributed by atoms with Crippen molar-refractivity contribution in [2.45, 2.75) is 60.7 Å². The lowest BCUT2D eigenvalue weighted by molar-refractivity contribution is -0.0499. The number of rotatable bonds is 5. The van der Waals surface area contributed by atoms with Crippen LogP contribution in [0, 0.1) is 5.41 Å². The summed E-state index contributed by atoms with van der Waals surface area (Å²) in [6, 6.07) is 4.96. The van der Waals surface area contributed by atoms with E-state index in [1.54, 1.807) is 0 Å². The van der Waals surface area contributed by atoms with Gasteiger partial charge >= 0.3 is 6.61 Å². The van der Waals surface area contributed by atoms with Gasteiger partial charge < -0.3 is 19.5 Å². The topological polar surface area (TPSA) is 77.1 Å². The highest BCUT2D eigenvalue weighted by Gasteiger charge is 2.56. The first-order chi connectivity index (χ1) is 15.3. The van der Waals surface area contributed by atoms with E-state index in [4.69, 9.17) is 9.47 Å². The SMILES string of the molecule is O=S(=O)(c1ccc(OC(F)F)cc1)C1OC2(CCNCC2)CC1N1CCC2(CCOC2)C1. The average Bonchev–Trinajstić information content (AvgIpc) is 3.49. The monoisotopic (exact) mass is 472 g/mol. The van der Waals surface area contributed by atoms with E-state index in [9.17, 15) is 17.2 Å². The van der Waals surface area contributed by atoms with Crippen LogP contribution in [0.1, 0.15) is 32.1 Å². The maximum atomic E-state index is 13.7. The maximum Gasteiger partial charge on any atom is 0.387 e. The van der Waals surface area contributed by atoms with Gasteiger partial charge in [0.05, 0.1) is 23.1 Å². The number of hydrogen-bond acceptors (Lipinski definition) is 7. The molecule has 7 nitrogen and oxygen atoms in total. The Morgan fingerprint density at radius 3 is 2.53 bits per heavy atom. The molecular weight excluding hydrogens is 442 g/mol. The van der Waals surface area contributed by atoms with Gasteiger partial charge in [0.2, 0.25) is 9.84 Å². The quantitative estimate of drug-likeness (QED) is 0.705. The van der Waals surface area contributed by atoms with Gasteiger partial charge in [-0.25, -0.2) is 8.42 Å². The van der Waals surface area contributed by atoms with Crippen molar-refractivity contribution in [3.63, 3.8) is 0 Å². The van der Waals surface area contributed by atoms with Crippen molar-refractivity contribution in [3.05, 3.63) is 24.3 Å². The van der Waals surface area contributed by atoms with E-state index in [0.29, 0.717) is 6.42 Å². The minimum absolute atomic E-state index is 0.0678. The summed E-state index contributed by atoms with van der Waals surface area (Å²) in [5.74, 6) is -0.0691. The first-order valence-corrected chi connectivity index (χ1v) is 12.8. The molecule has 0 aromatic heterocycles. The number of sulfone groups is 1. The summed E-state index contributed by atoms with van der Waals surface area (Å²) in [4.78, 5) is 2.36. The molecule has 0 saturated carbocycles. The number of nitrogens with one attached hydrogen (secondary N) is 1. The number of nitrogens with zero attached hydrogens (tertiary/aromatic N) is 1. The summed E-state index contributed by atoms with van der Waals surface area (Å²) in [6.07, 6.45) is 4.25. The molecule has 0 amide bonds. The molecule has 2 spiro atoms. The van der Waals surface area contributed by atoms with E-state index in [2.05, 4.69) is 15.0 Å². The molecule has 4 aliphatic heterocycles. The van der Waals surface area contributed by atoms with Crippen LogP contribution in [0.15, 0.2) is 29.2 Å². The molecule has 32 heavy (non-hydrogen) atoms. The summed E-state index contributed by atoms with van der Waals surface area (Å²) in [6.45, 7) is 1.80. The minimum Gasteiger partial charge on any atom is -0.435 e. The van der Waals surface area contributed by atoms with Gasteiger partial charge in [0.25, 0.3) is 0 Å². The summed E-state index contributed by atoms with van der Waals surface area (Å²) < 4.78 is 68.8. The molecule has 1 aromatic rings. The zero-order valence-corrected chi connectivity index (χ0v) is 18.8. The third kappa shape index (κ3) is 4.16. The Kier molecular flexibility index (Phi) is 5.94. The minimum atomic E-state index is -3.84. The van der Waals surface area contributed by atoms with E-state index < -0.39 is 27.5 Å². The van der Waals surface area contributed by atoms with Gasteiger partial charge in [-0.3, -0.25) is 4.90 Å². The fourth-order valence-corrected chi connectivity index (χ4v) is 7.59. The third-order valence-corrected chi connectivity index (χ3v) is 9.53. The van der Waals surface area contributed by atoms with Gasteiger partial charge in [0, 0.05) is 18.6 Å². The summed E-state index contributed by atoms with van der Waals surface area (Å²) in [5, 5.41) is 3.33. The molecule has 178 valence electrons. The third-order valence-electron chi connectivity index (χ3n) is 7.58. The second-order valence-electron chi connectivity index (χ2n) is 9.61. The number of alkyl halides is 2. The Morgan fingerprint density at radius 1 is 1.12 bits per heavy atom. The van der Waals surface area contributed by atoms with Crippen molar-refractivity contribution in [1.29, 1.82) is 0 Å². The van der Waals surface area contributed by atoms with Crippen LogP contribution in [0.2, 0.25) is 0 Å². The molecule has 0 aliphatic carbocycles. The molecule has 4 heterocycles. The van der Waals surface area contributed by atoms with Crippen molar-refractivity contribution < 1.29 is 31.4 Å². The number of likely N-dealkylation sites (tertiary alicyclic amines) is 1. The van der Waals surface area contributed by atoms with Crippen LogP contribution < -0.4 is 10.1 Å². The van der Waals surface area contributed by atoms with Crippen LogP contribution in [0.5, 0.6) is 5.75 Å². The molecule has 4 aliphatic rings. The Labute approximate surface area is 187 Å². The fraction of sp³-hybridized carbons (Fsp3) is 0.727.